The van der Waals surface area contributed by atoms with Gasteiger partial charge in [0.05, 0.1) is 17.9 Å². The summed E-state index contributed by atoms with van der Waals surface area (Å²) in [7, 11) is 3.90. The van der Waals surface area contributed by atoms with E-state index in [-0.39, 0.29) is 11.3 Å². The molecular formula is C23H26N2O5. The van der Waals surface area contributed by atoms with Gasteiger partial charge in [-0.2, -0.15) is 0 Å². The SMILES string of the molecule is C=CCOc1cccc([C@@H]2C(C(=O)c3ccco3)=C(O)C(=O)N2CCCN(C)C)c1. The third-order valence-electron chi connectivity index (χ3n) is 4.84. The first kappa shape index (κ1) is 21.4. The van der Waals surface area contributed by atoms with Gasteiger partial charge in [0.15, 0.2) is 11.5 Å². The van der Waals surface area contributed by atoms with Crippen LogP contribution in [0.5, 0.6) is 5.75 Å². The highest BCUT2D eigenvalue weighted by Gasteiger charge is 2.44. The smallest absolute Gasteiger partial charge is 0.290 e. The Bertz CT molecular complexity index is 946. The number of aliphatic hydroxyl groups is 1. The monoisotopic (exact) mass is 410 g/mol. The summed E-state index contributed by atoms with van der Waals surface area (Å²) >= 11 is 0. The van der Waals surface area contributed by atoms with E-state index in [2.05, 4.69) is 6.58 Å². The second-order valence-corrected chi connectivity index (χ2v) is 7.30. The van der Waals surface area contributed by atoms with Gasteiger partial charge in [0.25, 0.3) is 5.91 Å². The summed E-state index contributed by atoms with van der Waals surface area (Å²) in [6.45, 7) is 5.13. The van der Waals surface area contributed by atoms with Gasteiger partial charge < -0.3 is 24.1 Å². The van der Waals surface area contributed by atoms with Crippen molar-refractivity contribution in [1.82, 2.24) is 9.80 Å². The molecule has 1 amide bonds. The number of carbonyl (C=O) groups is 2. The summed E-state index contributed by atoms with van der Waals surface area (Å²) in [6.07, 6.45) is 3.71. The minimum atomic E-state index is -0.732. The van der Waals surface area contributed by atoms with Crippen molar-refractivity contribution in [3.63, 3.8) is 0 Å². The van der Waals surface area contributed by atoms with Crippen molar-refractivity contribution in [3.8, 4) is 5.75 Å². The molecule has 0 spiro atoms. The number of ketones is 1. The van der Waals surface area contributed by atoms with Gasteiger partial charge in [-0.15, -0.1) is 0 Å². The molecule has 0 unspecified atom stereocenters. The maximum atomic E-state index is 13.1. The van der Waals surface area contributed by atoms with Crippen molar-refractivity contribution in [3.05, 3.63) is 78.0 Å². The third-order valence-corrected chi connectivity index (χ3v) is 4.84. The number of benzene rings is 1. The van der Waals surface area contributed by atoms with E-state index in [1.807, 2.05) is 25.1 Å². The Morgan fingerprint density at radius 3 is 2.80 bits per heavy atom. The van der Waals surface area contributed by atoms with Crippen molar-refractivity contribution >= 4 is 11.7 Å². The molecule has 0 bridgehead atoms. The third kappa shape index (κ3) is 4.46. The summed E-state index contributed by atoms with van der Waals surface area (Å²) in [4.78, 5) is 29.5. The molecule has 1 aromatic heterocycles. The number of amides is 1. The molecule has 1 atom stereocenters. The van der Waals surface area contributed by atoms with Crippen LogP contribution in [0.4, 0.5) is 0 Å². The summed E-state index contributed by atoms with van der Waals surface area (Å²) in [5.41, 5.74) is 0.689. The lowest BCUT2D eigenvalue weighted by molar-refractivity contribution is -0.129. The summed E-state index contributed by atoms with van der Waals surface area (Å²) in [5.74, 6) is -0.953. The first-order valence-electron chi connectivity index (χ1n) is 9.74. The van der Waals surface area contributed by atoms with E-state index in [4.69, 9.17) is 9.15 Å². The Morgan fingerprint density at radius 2 is 2.13 bits per heavy atom. The number of aliphatic hydroxyl groups excluding tert-OH is 1. The maximum Gasteiger partial charge on any atom is 0.290 e. The topological polar surface area (TPSA) is 83.2 Å². The predicted molar refractivity (Wildman–Crippen MR) is 112 cm³/mol. The van der Waals surface area contributed by atoms with Crippen molar-refractivity contribution < 1.29 is 23.8 Å². The van der Waals surface area contributed by atoms with Crippen LogP contribution in [-0.4, -0.2) is 60.4 Å². The van der Waals surface area contributed by atoms with Crippen LogP contribution < -0.4 is 4.74 Å². The molecule has 0 saturated carbocycles. The molecule has 30 heavy (non-hydrogen) atoms. The Kier molecular flexibility index (Phi) is 6.74. The van der Waals surface area contributed by atoms with E-state index in [0.29, 0.717) is 30.9 Å². The van der Waals surface area contributed by atoms with Crippen molar-refractivity contribution in [1.29, 1.82) is 0 Å². The highest BCUT2D eigenvalue weighted by atomic mass is 16.5. The second-order valence-electron chi connectivity index (χ2n) is 7.30. The van der Waals surface area contributed by atoms with E-state index < -0.39 is 23.5 Å². The van der Waals surface area contributed by atoms with E-state index in [0.717, 1.165) is 6.54 Å². The van der Waals surface area contributed by atoms with Crippen LogP contribution >= 0.6 is 0 Å². The Labute approximate surface area is 175 Å². The average Bonchev–Trinajstić information content (AvgIpc) is 3.35. The van der Waals surface area contributed by atoms with Crippen molar-refractivity contribution in [2.45, 2.75) is 12.5 Å². The van der Waals surface area contributed by atoms with Crippen LogP contribution in [-0.2, 0) is 4.79 Å². The van der Waals surface area contributed by atoms with Gasteiger partial charge in [0.2, 0.25) is 5.78 Å². The van der Waals surface area contributed by atoms with Crippen LogP contribution in [0.25, 0.3) is 0 Å². The van der Waals surface area contributed by atoms with Gasteiger partial charge in [-0.1, -0.05) is 24.8 Å². The minimum absolute atomic E-state index is 0.0145. The number of ether oxygens (including phenoxy) is 1. The van der Waals surface area contributed by atoms with Gasteiger partial charge >= 0.3 is 0 Å². The van der Waals surface area contributed by atoms with Gasteiger partial charge in [0, 0.05) is 6.54 Å². The molecule has 1 aromatic carbocycles. The Morgan fingerprint density at radius 1 is 1.33 bits per heavy atom. The molecule has 7 nitrogen and oxygen atoms in total. The maximum absolute atomic E-state index is 13.1. The quantitative estimate of drug-likeness (QED) is 0.478. The fourth-order valence-corrected chi connectivity index (χ4v) is 3.49. The molecule has 7 heteroatoms. The largest absolute Gasteiger partial charge is 0.503 e. The van der Waals surface area contributed by atoms with E-state index in [9.17, 15) is 14.7 Å². The van der Waals surface area contributed by atoms with E-state index in [1.165, 1.54) is 17.2 Å². The molecule has 0 saturated heterocycles. The molecule has 2 heterocycles. The normalized spacial score (nSPS) is 16.4. The number of furan rings is 1. The summed E-state index contributed by atoms with van der Waals surface area (Å²) in [5, 5.41) is 10.6. The average molecular weight is 410 g/mol. The molecule has 1 aliphatic rings. The standard InChI is InChI=1S/C23H26N2O5/c1-4-13-29-17-9-5-8-16(15-17)20-19(21(26)18-10-6-14-30-18)22(27)23(28)25(20)12-7-11-24(2)3/h4-6,8-10,14-15,20,27H,1,7,11-13H2,2-3H3/t20-/m1/s1. The fourth-order valence-electron chi connectivity index (χ4n) is 3.49. The molecular weight excluding hydrogens is 384 g/mol. The molecule has 2 aromatic rings. The zero-order valence-electron chi connectivity index (χ0n) is 17.2. The van der Waals surface area contributed by atoms with Gasteiger partial charge in [-0.05, 0) is 56.9 Å². The number of Topliss-reactive ketones (excluding diaryl/α,β-unsaturated/α-hetero) is 1. The lowest BCUT2D eigenvalue weighted by atomic mass is 9.95. The Balaban J connectivity index is 2.00. The highest BCUT2D eigenvalue weighted by molar-refractivity contribution is 6.15. The number of rotatable bonds is 10. The molecule has 1 N–H and O–H groups in total. The molecule has 0 aliphatic carbocycles. The second kappa shape index (κ2) is 9.45. The molecule has 0 radical (unpaired) electrons. The molecule has 3 rings (SSSR count). The predicted octanol–water partition coefficient (Wildman–Crippen LogP) is 3.37. The fraction of sp³-hybridized carbons (Fsp3) is 0.304. The number of carbonyl (C=O) groups excluding carboxylic acids is 2. The van der Waals surface area contributed by atoms with E-state index in [1.54, 1.807) is 30.3 Å². The minimum Gasteiger partial charge on any atom is -0.503 e. The number of hydrogen-bond acceptors (Lipinski definition) is 6. The van der Waals surface area contributed by atoms with Crippen LogP contribution in [0.2, 0.25) is 0 Å². The van der Waals surface area contributed by atoms with Crippen LogP contribution in [0.3, 0.4) is 0 Å². The first-order chi connectivity index (χ1) is 14.4. The van der Waals surface area contributed by atoms with Crippen molar-refractivity contribution in [2.24, 2.45) is 0 Å². The number of hydrogen-bond donors (Lipinski definition) is 1. The van der Waals surface area contributed by atoms with Gasteiger partial charge in [-0.25, -0.2) is 0 Å². The molecule has 1 aliphatic heterocycles. The van der Waals surface area contributed by atoms with Gasteiger partial charge in [0.1, 0.15) is 12.4 Å². The zero-order chi connectivity index (χ0) is 21.7. The van der Waals surface area contributed by atoms with Crippen LogP contribution in [0, 0.1) is 0 Å². The zero-order valence-corrected chi connectivity index (χ0v) is 17.2. The molecule has 0 fully saturated rings. The lowest BCUT2D eigenvalue weighted by Crippen LogP contribution is -2.33. The lowest BCUT2D eigenvalue weighted by Gasteiger charge is -2.27. The Hall–Kier alpha value is -3.32. The van der Waals surface area contributed by atoms with Gasteiger partial charge in [-0.3, -0.25) is 9.59 Å². The van der Waals surface area contributed by atoms with Crippen LogP contribution in [0.1, 0.15) is 28.6 Å². The number of nitrogens with zero attached hydrogens (tertiary/aromatic N) is 2. The van der Waals surface area contributed by atoms with Crippen molar-refractivity contribution in [2.75, 3.05) is 33.8 Å². The van der Waals surface area contributed by atoms with E-state index >= 15 is 0 Å². The molecule has 158 valence electrons. The summed E-state index contributed by atoms with van der Waals surface area (Å²) < 4.78 is 10.8. The first-order valence-corrected chi connectivity index (χ1v) is 9.74. The van der Waals surface area contributed by atoms with Crippen LogP contribution in [0.15, 0.2) is 71.1 Å². The summed E-state index contributed by atoms with van der Waals surface area (Å²) in [6, 6.07) is 9.54. The highest BCUT2D eigenvalue weighted by Crippen LogP contribution is 2.40.